The van der Waals surface area contributed by atoms with E-state index in [4.69, 9.17) is 9.26 Å². The molecule has 1 aromatic carbocycles. The van der Waals surface area contributed by atoms with E-state index in [1.165, 1.54) is 0 Å². The molecule has 1 amide bonds. The number of esters is 1. The number of carbonyl (C=O) groups excluding carboxylic acids is 2. The van der Waals surface area contributed by atoms with Crippen molar-refractivity contribution in [3.8, 4) is 11.3 Å². The summed E-state index contributed by atoms with van der Waals surface area (Å²) in [5.74, 6) is -0.117. The summed E-state index contributed by atoms with van der Waals surface area (Å²) in [5, 5.41) is 11.1. The molecule has 1 aliphatic rings. The van der Waals surface area contributed by atoms with Crippen LogP contribution in [0.4, 0.5) is 5.82 Å². The molecule has 29 heavy (non-hydrogen) atoms. The molecule has 1 saturated carbocycles. The molecule has 1 aliphatic carbocycles. The number of nitrogens with zero attached hydrogens (tertiary/aromatic N) is 3. The van der Waals surface area contributed by atoms with Gasteiger partial charge in [0.1, 0.15) is 22.8 Å². The van der Waals surface area contributed by atoms with Gasteiger partial charge in [-0.25, -0.2) is 9.48 Å². The second kappa shape index (κ2) is 8.30. The van der Waals surface area contributed by atoms with Gasteiger partial charge in [-0.05, 0) is 19.8 Å². The lowest BCUT2D eigenvalue weighted by Gasteiger charge is -2.14. The Hall–Kier alpha value is -3.42. The lowest BCUT2D eigenvalue weighted by Crippen LogP contribution is -2.23. The first-order valence-electron chi connectivity index (χ1n) is 9.65. The summed E-state index contributed by atoms with van der Waals surface area (Å²) in [5.41, 5.74) is 1.36. The van der Waals surface area contributed by atoms with Crippen molar-refractivity contribution in [2.45, 2.75) is 38.6 Å². The molecule has 8 heteroatoms. The van der Waals surface area contributed by atoms with E-state index in [-0.39, 0.29) is 5.56 Å². The number of aromatic nitrogens is 3. The second-order valence-corrected chi connectivity index (χ2v) is 7.05. The van der Waals surface area contributed by atoms with E-state index in [1.807, 2.05) is 35.0 Å². The Labute approximate surface area is 167 Å². The molecular formula is C21H22N4O4. The van der Waals surface area contributed by atoms with Crippen LogP contribution in [0, 0.1) is 6.92 Å². The number of anilines is 1. The van der Waals surface area contributed by atoms with Gasteiger partial charge < -0.3 is 14.6 Å². The largest absolute Gasteiger partial charge is 0.452 e. The standard InChI is InChI=1S/C21H22N4O4/c1-14-19(20(24-29-14)15-7-3-2-4-8-15)21(27)28-13-18(26)23-17-11-12-22-25(17)16-9-5-6-10-16/h2-4,7-8,11-12,16H,5-6,9-10,13H2,1H3,(H,23,26). The van der Waals surface area contributed by atoms with Crippen molar-refractivity contribution in [1.82, 2.24) is 14.9 Å². The maximum absolute atomic E-state index is 12.6. The summed E-state index contributed by atoms with van der Waals surface area (Å²) in [7, 11) is 0. The smallest absolute Gasteiger partial charge is 0.344 e. The van der Waals surface area contributed by atoms with Gasteiger partial charge in [0.25, 0.3) is 5.91 Å². The zero-order valence-corrected chi connectivity index (χ0v) is 16.1. The van der Waals surface area contributed by atoms with Gasteiger partial charge in [0.05, 0.1) is 12.2 Å². The average Bonchev–Trinajstić information content (AvgIpc) is 3.47. The van der Waals surface area contributed by atoms with E-state index < -0.39 is 18.5 Å². The molecular weight excluding hydrogens is 372 g/mol. The van der Waals surface area contributed by atoms with Gasteiger partial charge in [0.15, 0.2) is 6.61 Å². The van der Waals surface area contributed by atoms with Gasteiger partial charge in [-0.2, -0.15) is 5.10 Å². The highest BCUT2D eigenvalue weighted by Crippen LogP contribution is 2.31. The molecule has 0 spiro atoms. The summed E-state index contributed by atoms with van der Waals surface area (Å²) >= 11 is 0. The fraction of sp³-hybridized carbons (Fsp3) is 0.333. The highest BCUT2D eigenvalue weighted by molar-refractivity contribution is 5.99. The molecule has 1 N–H and O–H groups in total. The van der Waals surface area contributed by atoms with Gasteiger partial charge in [-0.15, -0.1) is 0 Å². The van der Waals surface area contributed by atoms with Crippen molar-refractivity contribution in [2.75, 3.05) is 11.9 Å². The first-order chi connectivity index (χ1) is 14.1. The minimum atomic E-state index is -0.651. The van der Waals surface area contributed by atoms with E-state index in [1.54, 1.807) is 19.2 Å². The third-order valence-electron chi connectivity index (χ3n) is 5.06. The van der Waals surface area contributed by atoms with Crippen molar-refractivity contribution in [2.24, 2.45) is 0 Å². The number of hydrogen-bond acceptors (Lipinski definition) is 6. The van der Waals surface area contributed by atoms with Gasteiger partial charge in [-0.3, -0.25) is 4.79 Å². The van der Waals surface area contributed by atoms with Crippen LogP contribution in [0.2, 0.25) is 0 Å². The number of amides is 1. The average molecular weight is 394 g/mol. The minimum absolute atomic E-state index is 0.222. The predicted molar refractivity (Wildman–Crippen MR) is 105 cm³/mol. The summed E-state index contributed by atoms with van der Waals surface area (Å²) in [6.07, 6.45) is 6.09. The number of carbonyl (C=O) groups is 2. The molecule has 0 saturated heterocycles. The molecule has 3 aromatic rings. The number of aryl methyl sites for hydroxylation is 1. The van der Waals surface area contributed by atoms with Crippen LogP contribution in [-0.4, -0.2) is 33.4 Å². The number of rotatable bonds is 6. The van der Waals surface area contributed by atoms with E-state index in [0.717, 1.165) is 31.2 Å². The topological polar surface area (TPSA) is 99.2 Å². The molecule has 0 radical (unpaired) electrons. The molecule has 2 aromatic heterocycles. The Kier molecular flexibility index (Phi) is 5.41. The Morgan fingerprint density at radius 2 is 1.97 bits per heavy atom. The van der Waals surface area contributed by atoms with Crippen LogP contribution in [-0.2, 0) is 9.53 Å². The molecule has 0 atom stereocenters. The Morgan fingerprint density at radius 1 is 1.21 bits per heavy atom. The Morgan fingerprint density at radius 3 is 2.72 bits per heavy atom. The zero-order chi connectivity index (χ0) is 20.2. The van der Waals surface area contributed by atoms with Crippen molar-refractivity contribution in [3.63, 3.8) is 0 Å². The van der Waals surface area contributed by atoms with Crippen LogP contribution in [0.5, 0.6) is 0 Å². The molecule has 0 aliphatic heterocycles. The van der Waals surface area contributed by atoms with E-state index in [2.05, 4.69) is 15.6 Å². The first-order valence-corrected chi connectivity index (χ1v) is 9.65. The summed E-state index contributed by atoms with van der Waals surface area (Å²) in [4.78, 5) is 24.9. The van der Waals surface area contributed by atoms with Crippen molar-refractivity contribution in [1.29, 1.82) is 0 Å². The van der Waals surface area contributed by atoms with Crippen LogP contribution in [0.1, 0.15) is 47.8 Å². The maximum Gasteiger partial charge on any atom is 0.344 e. The number of nitrogens with one attached hydrogen (secondary N) is 1. The zero-order valence-electron chi connectivity index (χ0n) is 16.1. The summed E-state index contributed by atoms with van der Waals surface area (Å²) < 4.78 is 12.2. The Bertz CT molecular complexity index is 1000. The number of hydrogen-bond donors (Lipinski definition) is 1. The molecule has 150 valence electrons. The molecule has 8 nitrogen and oxygen atoms in total. The van der Waals surface area contributed by atoms with Crippen LogP contribution in [0.15, 0.2) is 47.1 Å². The maximum atomic E-state index is 12.6. The van der Waals surface area contributed by atoms with Crippen molar-refractivity contribution in [3.05, 3.63) is 53.9 Å². The van der Waals surface area contributed by atoms with Crippen LogP contribution >= 0.6 is 0 Å². The second-order valence-electron chi connectivity index (χ2n) is 7.05. The van der Waals surface area contributed by atoms with E-state index in [0.29, 0.717) is 23.3 Å². The van der Waals surface area contributed by atoms with Gasteiger partial charge in [0, 0.05) is 11.6 Å². The first kappa shape index (κ1) is 18.9. The van der Waals surface area contributed by atoms with Crippen molar-refractivity contribution < 1.29 is 18.8 Å². The fourth-order valence-corrected chi connectivity index (χ4v) is 3.64. The third kappa shape index (κ3) is 4.06. The fourth-order valence-electron chi connectivity index (χ4n) is 3.64. The molecule has 1 fully saturated rings. The van der Waals surface area contributed by atoms with E-state index >= 15 is 0 Å². The molecule has 0 unspecified atom stereocenters. The van der Waals surface area contributed by atoms with Gasteiger partial charge in [-0.1, -0.05) is 48.3 Å². The summed E-state index contributed by atoms with van der Waals surface area (Å²) in [6.45, 7) is 1.23. The van der Waals surface area contributed by atoms with Crippen molar-refractivity contribution >= 4 is 17.7 Å². The highest BCUT2D eigenvalue weighted by atomic mass is 16.5. The van der Waals surface area contributed by atoms with Crippen LogP contribution < -0.4 is 5.32 Å². The van der Waals surface area contributed by atoms with Crippen LogP contribution in [0.3, 0.4) is 0 Å². The number of benzene rings is 1. The lowest BCUT2D eigenvalue weighted by atomic mass is 10.1. The third-order valence-corrected chi connectivity index (χ3v) is 5.06. The molecule has 0 bridgehead atoms. The van der Waals surface area contributed by atoms with Gasteiger partial charge in [0.2, 0.25) is 0 Å². The summed E-state index contributed by atoms with van der Waals surface area (Å²) in [6, 6.07) is 11.3. The SMILES string of the molecule is Cc1onc(-c2ccccc2)c1C(=O)OCC(=O)Nc1ccnn1C1CCCC1. The quantitative estimate of drug-likeness (QED) is 0.639. The van der Waals surface area contributed by atoms with E-state index in [9.17, 15) is 9.59 Å². The lowest BCUT2D eigenvalue weighted by molar-refractivity contribution is -0.119. The predicted octanol–water partition coefficient (Wildman–Crippen LogP) is 3.76. The molecule has 4 rings (SSSR count). The molecule has 2 heterocycles. The minimum Gasteiger partial charge on any atom is -0.452 e. The monoisotopic (exact) mass is 394 g/mol. The highest BCUT2D eigenvalue weighted by Gasteiger charge is 2.24. The van der Waals surface area contributed by atoms with Gasteiger partial charge >= 0.3 is 5.97 Å². The number of ether oxygens (including phenoxy) is 1. The Balaban J connectivity index is 1.40. The normalized spacial score (nSPS) is 14.1. The van der Waals surface area contributed by atoms with Crippen LogP contribution in [0.25, 0.3) is 11.3 Å².